The van der Waals surface area contributed by atoms with E-state index in [-0.39, 0.29) is 36.7 Å². The summed E-state index contributed by atoms with van der Waals surface area (Å²) in [6, 6.07) is 31.8. The van der Waals surface area contributed by atoms with Gasteiger partial charge in [0, 0.05) is 92.3 Å². The second-order valence-electron chi connectivity index (χ2n) is 16.9. The predicted molar refractivity (Wildman–Crippen MR) is 239 cm³/mol. The maximum absolute atomic E-state index is 13.3. The first-order valence-corrected chi connectivity index (χ1v) is 20.8. The number of benzene rings is 6. The smallest absolute Gasteiger partial charge is 0.262 e. The lowest BCUT2D eigenvalue weighted by Gasteiger charge is -2.24. The van der Waals surface area contributed by atoms with Gasteiger partial charge in [-0.2, -0.15) is 0 Å². The highest BCUT2D eigenvalue weighted by Crippen LogP contribution is 2.48. The highest BCUT2D eigenvalue weighted by molar-refractivity contribution is 6.41. The number of aromatic nitrogens is 4. The van der Waals surface area contributed by atoms with Crippen molar-refractivity contribution in [3.05, 3.63) is 131 Å². The van der Waals surface area contributed by atoms with Crippen molar-refractivity contribution in [2.45, 2.75) is 38.4 Å². The lowest BCUT2D eigenvalue weighted by Crippen LogP contribution is -2.35. The zero-order valence-corrected chi connectivity index (χ0v) is 33.6. The summed E-state index contributed by atoms with van der Waals surface area (Å²) in [6.07, 6.45) is 2.40. The van der Waals surface area contributed by atoms with Gasteiger partial charge in [0.15, 0.2) is 0 Å². The van der Waals surface area contributed by atoms with Crippen LogP contribution in [-0.2, 0) is 26.2 Å². The maximum Gasteiger partial charge on any atom is 0.262 e. The molecule has 0 aliphatic carbocycles. The SMILES string of the molecule is CN1C(=O)c2c(c3c4ccccc4n4c3c3c2c2ccccc2n3C/C=C\C4)C1=O.CN1C(=O)c2c(c3c4ccccc4n4c3c3c2c2ccccc2n3CC(O)C(O)C4)C1=O. The second-order valence-corrected chi connectivity index (χ2v) is 16.9. The molecule has 0 saturated carbocycles. The second kappa shape index (κ2) is 12.1. The third-order valence-corrected chi connectivity index (χ3v) is 13.8. The highest BCUT2D eigenvalue weighted by atomic mass is 16.3. The number of carbonyl (C=O) groups is 4. The van der Waals surface area contributed by atoms with Gasteiger partial charge in [-0.05, 0) is 24.3 Å². The summed E-state index contributed by atoms with van der Waals surface area (Å²) in [7, 11) is 3.10. The van der Waals surface area contributed by atoms with Gasteiger partial charge in [-0.25, -0.2) is 0 Å². The lowest BCUT2D eigenvalue weighted by molar-refractivity contribution is 0.00168. The average Bonchev–Trinajstić information content (AvgIpc) is 4.07. The predicted octanol–water partition coefficient (Wildman–Crippen LogP) is 7.56. The topological polar surface area (TPSA) is 135 Å². The van der Waals surface area contributed by atoms with Crippen molar-refractivity contribution in [1.82, 2.24) is 28.1 Å². The minimum Gasteiger partial charge on any atom is -0.388 e. The number of nitrogens with zero attached hydrogens (tertiary/aromatic N) is 6. The van der Waals surface area contributed by atoms with Gasteiger partial charge in [-0.1, -0.05) is 84.9 Å². The first-order valence-electron chi connectivity index (χ1n) is 20.8. The third-order valence-electron chi connectivity index (χ3n) is 13.8. The molecular weight excluding hydrogens is 781 g/mol. The largest absolute Gasteiger partial charge is 0.388 e. The number of aliphatic hydroxyl groups excluding tert-OH is 2. The monoisotopic (exact) mass is 816 g/mol. The molecule has 2 N–H and O–H groups in total. The number of imide groups is 2. The van der Waals surface area contributed by atoms with E-state index in [2.05, 4.69) is 45.6 Å². The van der Waals surface area contributed by atoms with Crippen LogP contribution in [0, 0.1) is 0 Å². The molecule has 0 spiro atoms. The Morgan fingerprint density at radius 3 is 0.968 bits per heavy atom. The Bertz CT molecular complexity index is 3580. The summed E-state index contributed by atoms with van der Waals surface area (Å²) in [5, 5.41) is 28.7. The summed E-state index contributed by atoms with van der Waals surface area (Å²) in [5.41, 5.74) is 9.55. The number of rotatable bonds is 0. The Kier molecular flexibility index (Phi) is 6.85. The van der Waals surface area contributed by atoms with Crippen molar-refractivity contribution in [2.24, 2.45) is 0 Å². The molecule has 4 amide bonds. The number of allylic oxidation sites excluding steroid dienone is 2. The van der Waals surface area contributed by atoms with Crippen molar-refractivity contribution in [1.29, 1.82) is 0 Å². The Hall–Kier alpha value is -7.54. The van der Waals surface area contributed by atoms with E-state index in [9.17, 15) is 29.4 Å². The summed E-state index contributed by atoms with van der Waals surface area (Å²) in [6.45, 7) is 1.85. The fourth-order valence-electron chi connectivity index (χ4n) is 11.2. The molecule has 14 rings (SSSR count). The van der Waals surface area contributed by atoms with Crippen LogP contribution in [0.5, 0.6) is 0 Å². The van der Waals surface area contributed by atoms with Gasteiger partial charge < -0.3 is 28.5 Å². The van der Waals surface area contributed by atoms with Gasteiger partial charge in [0.05, 0.1) is 69.6 Å². The summed E-state index contributed by atoms with van der Waals surface area (Å²) in [5.74, 6) is -1.05. The van der Waals surface area contributed by atoms with E-state index in [4.69, 9.17) is 0 Å². The lowest BCUT2D eigenvalue weighted by atomic mass is 9.96. The quantitative estimate of drug-likeness (QED) is 0.120. The molecule has 6 aromatic carbocycles. The molecular formula is C50H36N6O6. The zero-order valence-electron chi connectivity index (χ0n) is 33.6. The van der Waals surface area contributed by atoms with Crippen LogP contribution in [0.3, 0.4) is 0 Å². The van der Waals surface area contributed by atoms with Gasteiger partial charge in [-0.15, -0.1) is 0 Å². The van der Waals surface area contributed by atoms with Crippen LogP contribution >= 0.6 is 0 Å². The average molecular weight is 817 g/mol. The molecule has 0 saturated heterocycles. The number of fused-ring (bicyclic) bond motifs is 18. The van der Waals surface area contributed by atoms with Gasteiger partial charge >= 0.3 is 0 Å². The van der Waals surface area contributed by atoms with Crippen molar-refractivity contribution in [3.8, 4) is 0 Å². The van der Waals surface area contributed by atoms with Gasteiger partial charge in [-0.3, -0.25) is 29.0 Å². The van der Waals surface area contributed by atoms with Gasteiger partial charge in [0.1, 0.15) is 0 Å². The first-order chi connectivity index (χ1) is 30.2. The van der Waals surface area contributed by atoms with Crippen LogP contribution < -0.4 is 0 Å². The third kappa shape index (κ3) is 4.13. The maximum atomic E-state index is 13.3. The number of para-hydroxylation sites is 4. The minimum absolute atomic E-state index is 0.193. The Morgan fingerprint density at radius 1 is 0.403 bits per heavy atom. The van der Waals surface area contributed by atoms with Crippen LogP contribution in [-0.4, -0.2) is 88.2 Å². The van der Waals surface area contributed by atoms with Crippen molar-refractivity contribution in [2.75, 3.05) is 14.1 Å². The summed E-state index contributed by atoms with van der Waals surface area (Å²) >= 11 is 0. The molecule has 4 aliphatic heterocycles. The molecule has 12 nitrogen and oxygen atoms in total. The molecule has 0 radical (unpaired) electrons. The number of aliphatic hydroxyl groups is 2. The molecule has 10 aromatic rings. The Labute approximate surface area is 351 Å². The standard InChI is InChI=1S/C25H19N3O4.C25H17N3O2/c1-26-24(31)20-18-12-6-2-4-8-14(12)27-10-16(29)17(30)11-28-15-9-5-3-7-13(15)19(21(20)25(26)32)23(28)22(18)27;1-26-24(29)20-18-14-8-2-4-10-16(14)27-12-6-7-13-28-17-11-5-3-9-15(17)19(21(20)25(26)30)23(28)22(18)27/h2-9,16-17,29-30H,10-11H2,1H3;2-11H,12-13H2,1H3/b;7-6-. The molecule has 8 heterocycles. The molecule has 2 atom stereocenters. The van der Waals surface area contributed by atoms with Crippen molar-refractivity contribution >= 4 is 111 Å². The first kappa shape index (κ1) is 35.2. The van der Waals surface area contributed by atoms with Crippen molar-refractivity contribution < 1.29 is 29.4 Å². The van der Waals surface area contributed by atoms with Crippen LogP contribution in [0.1, 0.15) is 41.4 Å². The highest BCUT2D eigenvalue weighted by Gasteiger charge is 2.42. The van der Waals surface area contributed by atoms with Crippen LogP contribution in [0.2, 0.25) is 0 Å². The molecule has 2 unspecified atom stereocenters. The van der Waals surface area contributed by atoms with Gasteiger partial charge in [0.25, 0.3) is 23.6 Å². The molecule has 4 aromatic heterocycles. The summed E-state index contributed by atoms with van der Waals surface area (Å²) < 4.78 is 8.56. The van der Waals surface area contributed by atoms with Crippen LogP contribution in [0.4, 0.5) is 0 Å². The van der Waals surface area contributed by atoms with E-state index in [1.165, 1.54) is 16.8 Å². The molecule has 12 heteroatoms. The fourth-order valence-corrected chi connectivity index (χ4v) is 11.2. The number of hydrogen-bond acceptors (Lipinski definition) is 6. The van der Waals surface area contributed by atoms with E-state index in [1.807, 2.05) is 81.9 Å². The summed E-state index contributed by atoms with van der Waals surface area (Å²) in [4.78, 5) is 55.8. The van der Waals surface area contributed by atoms with Gasteiger partial charge in [0.2, 0.25) is 0 Å². The van der Waals surface area contributed by atoms with E-state index < -0.39 is 12.2 Å². The number of carbonyl (C=O) groups excluding carboxylic acids is 4. The zero-order chi connectivity index (χ0) is 42.0. The van der Waals surface area contributed by atoms with E-state index >= 15 is 0 Å². The fraction of sp³-hybridized carbons (Fsp3) is 0.160. The number of amides is 4. The molecule has 0 bridgehead atoms. The van der Waals surface area contributed by atoms with E-state index in [1.54, 1.807) is 7.05 Å². The van der Waals surface area contributed by atoms with Crippen molar-refractivity contribution in [3.63, 3.8) is 0 Å². The molecule has 302 valence electrons. The molecule has 4 aliphatic rings. The van der Waals surface area contributed by atoms with E-state index in [0.29, 0.717) is 22.3 Å². The minimum atomic E-state index is -0.980. The molecule has 62 heavy (non-hydrogen) atoms. The molecule has 0 fully saturated rings. The normalized spacial score (nSPS) is 18.9. The Balaban J connectivity index is 0.000000126. The van der Waals surface area contributed by atoms with Crippen LogP contribution in [0.15, 0.2) is 109 Å². The van der Waals surface area contributed by atoms with Crippen LogP contribution in [0.25, 0.3) is 87.2 Å². The number of hydrogen-bond donors (Lipinski definition) is 2. The van der Waals surface area contributed by atoms with E-state index in [0.717, 1.165) is 100 Å². The Morgan fingerprint density at radius 2 is 0.661 bits per heavy atom.